The number of methoxy groups -OCH3 is 2. The molecular weight excluding hydrogens is 224 g/mol. The van der Waals surface area contributed by atoms with Crippen LogP contribution in [0.1, 0.15) is 5.56 Å². The molecule has 0 radical (unpaired) electrons. The smallest absolute Gasteiger partial charge is 0.128 e. The molecule has 1 rings (SSSR count). The van der Waals surface area contributed by atoms with Gasteiger partial charge in [-0.15, -0.1) is 0 Å². The van der Waals surface area contributed by atoms with E-state index in [1.54, 1.807) is 25.3 Å². The van der Waals surface area contributed by atoms with Crippen molar-refractivity contribution in [3.05, 3.63) is 23.8 Å². The zero-order valence-corrected chi connectivity index (χ0v) is 10.0. The highest BCUT2D eigenvalue weighted by Gasteiger charge is 2.08. The van der Waals surface area contributed by atoms with Gasteiger partial charge in [0.2, 0.25) is 0 Å². The van der Waals surface area contributed by atoms with Crippen molar-refractivity contribution in [2.45, 2.75) is 12.7 Å². The van der Waals surface area contributed by atoms with E-state index in [2.05, 4.69) is 0 Å². The molecule has 17 heavy (non-hydrogen) atoms. The zero-order chi connectivity index (χ0) is 12.7. The Balaban J connectivity index is 2.67. The van der Waals surface area contributed by atoms with Gasteiger partial charge in [0.15, 0.2) is 0 Å². The Morgan fingerprint density at radius 1 is 1.24 bits per heavy atom. The quantitative estimate of drug-likeness (QED) is 0.731. The summed E-state index contributed by atoms with van der Waals surface area (Å²) in [5.74, 6) is 1.14. The third-order valence-electron chi connectivity index (χ3n) is 2.23. The molecule has 0 aliphatic heterocycles. The highest BCUT2D eigenvalue weighted by atomic mass is 16.5. The van der Waals surface area contributed by atoms with E-state index < -0.39 is 6.10 Å². The number of ether oxygens (including phenoxy) is 3. The Kier molecular flexibility index (Phi) is 5.76. The van der Waals surface area contributed by atoms with Crippen molar-refractivity contribution in [3.63, 3.8) is 0 Å². The molecule has 0 fully saturated rings. The summed E-state index contributed by atoms with van der Waals surface area (Å²) in [7, 11) is 3.06. The van der Waals surface area contributed by atoms with Gasteiger partial charge in [0, 0.05) is 18.7 Å². The van der Waals surface area contributed by atoms with Crippen LogP contribution >= 0.6 is 0 Å². The second-order valence-electron chi connectivity index (χ2n) is 3.55. The topological polar surface area (TPSA) is 68.2 Å². The van der Waals surface area contributed by atoms with E-state index in [-0.39, 0.29) is 19.8 Å². The summed E-state index contributed by atoms with van der Waals surface area (Å²) in [4.78, 5) is 0. The molecule has 5 heteroatoms. The first-order valence-electron chi connectivity index (χ1n) is 5.28. The highest BCUT2D eigenvalue weighted by molar-refractivity contribution is 5.40. The maximum Gasteiger partial charge on any atom is 0.128 e. The van der Waals surface area contributed by atoms with Gasteiger partial charge in [0.25, 0.3) is 0 Å². The van der Waals surface area contributed by atoms with Gasteiger partial charge in [-0.3, -0.25) is 0 Å². The Morgan fingerprint density at radius 3 is 2.59 bits per heavy atom. The van der Waals surface area contributed by atoms with Gasteiger partial charge in [-0.25, -0.2) is 0 Å². The van der Waals surface area contributed by atoms with E-state index in [1.807, 2.05) is 0 Å². The monoisotopic (exact) mass is 242 g/mol. The number of hydrogen-bond donors (Lipinski definition) is 2. The molecule has 0 aliphatic carbocycles. The lowest BCUT2D eigenvalue weighted by atomic mass is 10.2. The summed E-state index contributed by atoms with van der Waals surface area (Å²) < 4.78 is 15.3. The second-order valence-corrected chi connectivity index (χ2v) is 3.55. The average molecular weight is 242 g/mol. The number of hydrogen-bond acceptors (Lipinski definition) is 5. The lowest BCUT2D eigenvalue weighted by Gasteiger charge is -2.14. The summed E-state index contributed by atoms with van der Waals surface area (Å²) in [6, 6.07) is 5.13. The van der Waals surface area contributed by atoms with Crippen molar-refractivity contribution in [1.29, 1.82) is 0 Å². The van der Waals surface area contributed by atoms with Crippen LogP contribution in [-0.4, -0.2) is 43.8 Å². The second kappa shape index (κ2) is 7.11. The molecule has 0 amide bonds. The van der Waals surface area contributed by atoms with Crippen LogP contribution in [0.25, 0.3) is 0 Å². The fraction of sp³-hybridized carbons (Fsp3) is 0.500. The van der Waals surface area contributed by atoms with Crippen molar-refractivity contribution in [3.8, 4) is 11.5 Å². The lowest BCUT2D eigenvalue weighted by Crippen LogP contribution is -2.22. The predicted molar refractivity (Wildman–Crippen MR) is 62.3 cm³/mol. The Bertz CT molecular complexity index is 340. The first kappa shape index (κ1) is 13.8. The molecule has 1 aromatic carbocycles. The van der Waals surface area contributed by atoms with Crippen LogP contribution in [0, 0.1) is 0 Å². The minimum Gasteiger partial charge on any atom is -0.497 e. The van der Waals surface area contributed by atoms with Crippen LogP contribution in [0.4, 0.5) is 0 Å². The average Bonchev–Trinajstić information content (AvgIpc) is 2.36. The van der Waals surface area contributed by atoms with E-state index >= 15 is 0 Å². The van der Waals surface area contributed by atoms with E-state index in [0.717, 1.165) is 0 Å². The summed E-state index contributed by atoms with van der Waals surface area (Å²) in [6.07, 6.45) is -0.697. The van der Waals surface area contributed by atoms with Gasteiger partial charge in [-0.2, -0.15) is 0 Å². The van der Waals surface area contributed by atoms with Crippen LogP contribution in [0.3, 0.4) is 0 Å². The Hall–Kier alpha value is -1.30. The van der Waals surface area contributed by atoms with Gasteiger partial charge in [-0.05, 0) is 12.1 Å². The maximum absolute atomic E-state index is 9.46. The molecule has 1 unspecified atom stereocenters. The van der Waals surface area contributed by atoms with Gasteiger partial charge in [-0.1, -0.05) is 0 Å². The van der Waals surface area contributed by atoms with E-state index in [0.29, 0.717) is 17.1 Å². The van der Waals surface area contributed by atoms with E-state index in [1.165, 1.54) is 7.11 Å². The first-order chi connectivity index (χ1) is 8.21. The van der Waals surface area contributed by atoms with Crippen LogP contribution < -0.4 is 9.47 Å². The summed E-state index contributed by atoms with van der Waals surface area (Å²) >= 11 is 0. The largest absolute Gasteiger partial charge is 0.497 e. The fourth-order valence-electron chi connectivity index (χ4n) is 1.35. The standard InChI is InChI=1S/C12H18O5/c1-15-7-10(14)8-17-12-5-11(16-2)4-3-9(12)6-13/h3-5,10,13-14H,6-8H2,1-2H3. The molecule has 2 N–H and O–H groups in total. The molecular formula is C12H18O5. The molecule has 96 valence electrons. The SMILES string of the molecule is COCC(O)COc1cc(OC)ccc1CO. The molecule has 1 aromatic rings. The number of benzene rings is 1. The van der Waals surface area contributed by atoms with Gasteiger partial charge >= 0.3 is 0 Å². The molecule has 0 saturated carbocycles. The molecule has 0 saturated heterocycles. The molecule has 0 bridgehead atoms. The van der Waals surface area contributed by atoms with Gasteiger partial charge in [0.1, 0.15) is 24.2 Å². The summed E-state index contributed by atoms with van der Waals surface area (Å²) in [5, 5.41) is 18.6. The van der Waals surface area contributed by atoms with E-state index in [4.69, 9.17) is 19.3 Å². The summed E-state index contributed by atoms with van der Waals surface area (Å²) in [6.45, 7) is 0.187. The Morgan fingerprint density at radius 2 is 2.00 bits per heavy atom. The molecule has 0 spiro atoms. The zero-order valence-electron chi connectivity index (χ0n) is 10.0. The van der Waals surface area contributed by atoms with Crippen molar-refractivity contribution >= 4 is 0 Å². The molecule has 1 atom stereocenters. The molecule has 0 heterocycles. The van der Waals surface area contributed by atoms with Crippen LogP contribution in [0.2, 0.25) is 0 Å². The van der Waals surface area contributed by atoms with Gasteiger partial charge in [0.05, 0.1) is 20.3 Å². The minimum absolute atomic E-state index is 0.105. The number of rotatable bonds is 7. The summed E-state index contributed by atoms with van der Waals surface area (Å²) in [5.41, 5.74) is 0.649. The van der Waals surface area contributed by atoms with Crippen molar-refractivity contribution in [2.75, 3.05) is 27.4 Å². The van der Waals surface area contributed by atoms with E-state index in [9.17, 15) is 5.11 Å². The Labute approximate surface area is 101 Å². The predicted octanol–water partition coefficient (Wildman–Crippen LogP) is 0.574. The van der Waals surface area contributed by atoms with Crippen molar-refractivity contribution in [2.24, 2.45) is 0 Å². The van der Waals surface area contributed by atoms with Crippen molar-refractivity contribution in [1.82, 2.24) is 0 Å². The highest BCUT2D eigenvalue weighted by Crippen LogP contribution is 2.24. The minimum atomic E-state index is -0.697. The van der Waals surface area contributed by atoms with Crippen LogP contribution in [0.5, 0.6) is 11.5 Å². The molecule has 5 nitrogen and oxygen atoms in total. The molecule has 0 aromatic heterocycles. The lowest BCUT2D eigenvalue weighted by molar-refractivity contribution is 0.0319. The van der Waals surface area contributed by atoms with Crippen LogP contribution in [-0.2, 0) is 11.3 Å². The first-order valence-corrected chi connectivity index (χ1v) is 5.28. The fourth-order valence-corrected chi connectivity index (χ4v) is 1.35. The maximum atomic E-state index is 9.46. The number of aliphatic hydroxyl groups excluding tert-OH is 2. The normalized spacial score (nSPS) is 12.2. The third-order valence-corrected chi connectivity index (χ3v) is 2.23. The third kappa shape index (κ3) is 4.22. The van der Waals surface area contributed by atoms with Crippen molar-refractivity contribution < 1.29 is 24.4 Å². The van der Waals surface area contributed by atoms with Crippen LogP contribution in [0.15, 0.2) is 18.2 Å². The molecule has 0 aliphatic rings. The van der Waals surface area contributed by atoms with Gasteiger partial charge < -0.3 is 24.4 Å². The number of aliphatic hydroxyl groups is 2.